The number of fused-ring (bicyclic) bond motifs is 1. The Morgan fingerprint density at radius 2 is 2.08 bits per heavy atom. The second kappa shape index (κ2) is 5.98. The minimum absolute atomic E-state index is 0.204. The third kappa shape index (κ3) is 2.76. The third-order valence-electron chi connectivity index (χ3n) is 3.24. The first-order chi connectivity index (χ1) is 11.5. The Kier molecular flexibility index (Phi) is 3.85. The number of para-hydroxylation sites is 1. The summed E-state index contributed by atoms with van der Waals surface area (Å²) in [7, 11) is 0. The summed E-state index contributed by atoms with van der Waals surface area (Å²) in [6.45, 7) is 0. The molecule has 0 radical (unpaired) electrons. The van der Waals surface area contributed by atoms with Crippen LogP contribution in [0.15, 0.2) is 36.4 Å². The molecule has 118 valence electrons. The van der Waals surface area contributed by atoms with Crippen LogP contribution >= 0.6 is 11.3 Å². The standard InChI is InChI=1S/C16H9N3O4S/c17-8-10(16-18-11-3-1-2-4-14(11)24-16)5-9-6-12(19(22)23)15(21)13(20)7-9/h1-7,20-21H/b10-5+. The molecular formula is C16H9N3O4S. The molecule has 0 saturated carbocycles. The lowest BCUT2D eigenvalue weighted by Gasteiger charge is -2.01. The van der Waals surface area contributed by atoms with Crippen LogP contribution < -0.4 is 0 Å². The Hall–Kier alpha value is -3.44. The summed E-state index contributed by atoms with van der Waals surface area (Å²) in [5.74, 6) is -1.44. The van der Waals surface area contributed by atoms with Gasteiger partial charge in [-0.05, 0) is 29.8 Å². The summed E-state index contributed by atoms with van der Waals surface area (Å²) in [6.07, 6.45) is 1.38. The van der Waals surface area contributed by atoms with Crippen LogP contribution in [-0.4, -0.2) is 20.1 Å². The van der Waals surface area contributed by atoms with Crippen molar-refractivity contribution in [1.82, 2.24) is 4.98 Å². The predicted octanol–water partition coefficient (Wildman–Crippen LogP) is 3.68. The van der Waals surface area contributed by atoms with Gasteiger partial charge in [-0.2, -0.15) is 5.26 Å². The van der Waals surface area contributed by atoms with Gasteiger partial charge in [0.15, 0.2) is 5.75 Å². The van der Waals surface area contributed by atoms with E-state index in [9.17, 15) is 25.6 Å². The number of aromatic hydroxyl groups is 2. The van der Waals surface area contributed by atoms with E-state index in [1.807, 2.05) is 30.3 Å². The molecule has 0 aliphatic heterocycles. The van der Waals surface area contributed by atoms with Crippen LogP contribution in [0.25, 0.3) is 21.9 Å². The van der Waals surface area contributed by atoms with Gasteiger partial charge in [0.25, 0.3) is 0 Å². The number of thiazole rings is 1. The highest BCUT2D eigenvalue weighted by molar-refractivity contribution is 7.19. The molecule has 2 aromatic carbocycles. The molecule has 0 bridgehead atoms. The van der Waals surface area contributed by atoms with Crippen molar-refractivity contribution < 1.29 is 15.1 Å². The van der Waals surface area contributed by atoms with Crippen molar-refractivity contribution in [1.29, 1.82) is 5.26 Å². The molecular weight excluding hydrogens is 330 g/mol. The number of rotatable bonds is 3. The van der Waals surface area contributed by atoms with E-state index >= 15 is 0 Å². The smallest absolute Gasteiger partial charge is 0.315 e. The fourth-order valence-electron chi connectivity index (χ4n) is 2.14. The number of hydrogen-bond acceptors (Lipinski definition) is 7. The quantitative estimate of drug-likeness (QED) is 0.325. The molecule has 1 heterocycles. The second-order valence-corrected chi connectivity index (χ2v) is 5.85. The normalized spacial score (nSPS) is 11.4. The lowest BCUT2D eigenvalue weighted by Crippen LogP contribution is -1.90. The summed E-state index contributed by atoms with van der Waals surface area (Å²) < 4.78 is 0.910. The maximum atomic E-state index is 10.9. The van der Waals surface area contributed by atoms with Crippen molar-refractivity contribution in [3.63, 3.8) is 0 Å². The van der Waals surface area contributed by atoms with Gasteiger partial charge in [-0.25, -0.2) is 4.98 Å². The largest absolute Gasteiger partial charge is 0.504 e. The number of nitro benzene ring substituents is 1. The van der Waals surface area contributed by atoms with Crippen molar-refractivity contribution in [2.75, 3.05) is 0 Å². The van der Waals surface area contributed by atoms with E-state index in [0.29, 0.717) is 5.01 Å². The molecule has 8 heteroatoms. The second-order valence-electron chi connectivity index (χ2n) is 4.82. The number of phenols is 2. The van der Waals surface area contributed by atoms with E-state index in [4.69, 9.17) is 0 Å². The zero-order valence-electron chi connectivity index (χ0n) is 12.0. The lowest BCUT2D eigenvalue weighted by atomic mass is 10.1. The Morgan fingerprint density at radius 1 is 1.33 bits per heavy atom. The Labute approximate surface area is 139 Å². The zero-order valence-corrected chi connectivity index (χ0v) is 12.8. The number of allylic oxidation sites excluding steroid dienone is 1. The van der Waals surface area contributed by atoms with E-state index in [1.54, 1.807) is 0 Å². The summed E-state index contributed by atoms with van der Waals surface area (Å²) >= 11 is 1.32. The van der Waals surface area contributed by atoms with Gasteiger partial charge >= 0.3 is 5.69 Å². The minimum atomic E-state index is -0.810. The number of benzene rings is 2. The van der Waals surface area contributed by atoms with Crippen molar-refractivity contribution in [2.24, 2.45) is 0 Å². The number of hydrogen-bond donors (Lipinski definition) is 2. The van der Waals surface area contributed by atoms with Crippen LogP contribution in [0.4, 0.5) is 5.69 Å². The highest BCUT2D eigenvalue weighted by Crippen LogP contribution is 2.37. The van der Waals surface area contributed by atoms with Crippen LogP contribution in [0.3, 0.4) is 0 Å². The highest BCUT2D eigenvalue weighted by atomic mass is 32.1. The minimum Gasteiger partial charge on any atom is -0.504 e. The monoisotopic (exact) mass is 339 g/mol. The first-order valence-corrected chi connectivity index (χ1v) is 7.49. The molecule has 2 N–H and O–H groups in total. The summed E-state index contributed by atoms with van der Waals surface area (Å²) in [4.78, 5) is 14.5. The number of nitriles is 1. The van der Waals surface area contributed by atoms with Crippen LogP contribution in [0.2, 0.25) is 0 Å². The number of nitrogens with zero attached hydrogens (tertiary/aromatic N) is 3. The molecule has 0 unspecified atom stereocenters. The lowest BCUT2D eigenvalue weighted by molar-refractivity contribution is -0.386. The number of aromatic nitrogens is 1. The zero-order chi connectivity index (χ0) is 17.3. The van der Waals surface area contributed by atoms with E-state index in [2.05, 4.69) is 4.98 Å². The van der Waals surface area contributed by atoms with Crippen LogP contribution in [0.5, 0.6) is 11.5 Å². The van der Waals surface area contributed by atoms with Gasteiger partial charge in [0.05, 0.1) is 20.7 Å². The van der Waals surface area contributed by atoms with Gasteiger partial charge < -0.3 is 10.2 Å². The van der Waals surface area contributed by atoms with Crippen LogP contribution in [-0.2, 0) is 0 Å². The highest BCUT2D eigenvalue weighted by Gasteiger charge is 2.19. The third-order valence-corrected chi connectivity index (χ3v) is 4.31. The van der Waals surface area contributed by atoms with Crippen molar-refractivity contribution in [3.05, 3.63) is 57.1 Å². The van der Waals surface area contributed by atoms with Crippen LogP contribution in [0, 0.1) is 21.4 Å². The molecule has 1 aromatic heterocycles. The van der Waals surface area contributed by atoms with E-state index in [0.717, 1.165) is 22.3 Å². The van der Waals surface area contributed by atoms with E-state index in [-0.39, 0.29) is 11.1 Å². The van der Waals surface area contributed by atoms with Gasteiger partial charge in [0.2, 0.25) is 5.75 Å². The van der Waals surface area contributed by atoms with E-state index in [1.165, 1.54) is 17.4 Å². The van der Waals surface area contributed by atoms with Crippen molar-refractivity contribution >= 4 is 38.9 Å². The molecule has 0 aliphatic carbocycles. The molecule has 0 amide bonds. The van der Waals surface area contributed by atoms with Gasteiger partial charge in [-0.15, -0.1) is 11.3 Å². The summed E-state index contributed by atoms with van der Waals surface area (Å²) in [5.41, 5.74) is 0.532. The maximum Gasteiger partial charge on any atom is 0.315 e. The van der Waals surface area contributed by atoms with Crippen molar-refractivity contribution in [2.45, 2.75) is 0 Å². The first-order valence-electron chi connectivity index (χ1n) is 6.67. The molecule has 0 fully saturated rings. The molecule has 0 saturated heterocycles. The van der Waals surface area contributed by atoms with Crippen molar-refractivity contribution in [3.8, 4) is 17.6 Å². The van der Waals surface area contributed by atoms with Crippen LogP contribution in [0.1, 0.15) is 10.6 Å². The SMILES string of the molecule is N#C/C(=C\c1cc(O)c(O)c([N+](=O)[O-])c1)c1nc2ccccc2s1. The van der Waals surface area contributed by atoms with Gasteiger partial charge in [-0.3, -0.25) is 10.1 Å². The molecule has 24 heavy (non-hydrogen) atoms. The van der Waals surface area contributed by atoms with Gasteiger partial charge in [0.1, 0.15) is 11.1 Å². The molecule has 7 nitrogen and oxygen atoms in total. The average molecular weight is 339 g/mol. The molecule has 3 rings (SSSR count). The summed E-state index contributed by atoms with van der Waals surface area (Å²) in [6, 6.07) is 11.6. The molecule has 0 aliphatic rings. The Morgan fingerprint density at radius 3 is 2.75 bits per heavy atom. The fourth-order valence-corrected chi connectivity index (χ4v) is 3.08. The average Bonchev–Trinajstić information content (AvgIpc) is 2.99. The molecule has 3 aromatic rings. The number of phenolic OH excluding ortho intramolecular Hbond substituents is 2. The van der Waals surface area contributed by atoms with Gasteiger partial charge in [-0.1, -0.05) is 12.1 Å². The van der Waals surface area contributed by atoms with E-state index < -0.39 is 22.1 Å². The maximum absolute atomic E-state index is 10.9. The summed E-state index contributed by atoms with van der Waals surface area (Å²) in [5, 5.41) is 39.9. The Bertz CT molecular complexity index is 1000. The molecule has 0 spiro atoms. The molecule has 0 atom stereocenters. The topological polar surface area (TPSA) is 120 Å². The first kappa shape index (κ1) is 15.5. The number of nitro groups is 1. The predicted molar refractivity (Wildman–Crippen MR) is 89.5 cm³/mol. The van der Waals surface area contributed by atoms with Gasteiger partial charge in [0, 0.05) is 6.07 Å². The Balaban J connectivity index is 2.11. The fraction of sp³-hybridized carbons (Fsp3) is 0.